The van der Waals surface area contributed by atoms with Crippen LogP contribution in [0.2, 0.25) is 0 Å². The van der Waals surface area contributed by atoms with Gasteiger partial charge in [0.05, 0.1) is 24.6 Å². The highest BCUT2D eigenvalue weighted by molar-refractivity contribution is 5.94. The summed E-state index contributed by atoms with van der Waals surface area (Å²) >= 11 is 0. The smallest absolute Gasteiger partial charge is 0.252 e. The van der Waals surface area contributed by atoms with E-state index in [1.807, 2.05) is 36.5 Å². The van der Waals surface area contributed by atoms with E-state index in [0.717, 1.165) is 49.6 Å². The largest absolute Gasteiger partial charge is 0.496 e. The zero-order chi connectivity index (χ0) is 18.4. The summed E-state index contributed by atoms with van der Waals surface area (Å²) in [6.45, 7) is 4.51. The van der Waals surface area contributed by atoms with Gasteiger partial charge in [-0.2, -0.15) is 0 Å². The molecule has 1 aromatic carbocycles. The van der Waals surface area contributed by atoms with E-state index in [-0.39, 0.29) is 5.91 Å². The first kappa shape index (κ1) is 18.2. The number of anilines is 1. The molecule has 2 heterocycles. The number of nitrogens with one attached hydrogen (secondary N) is 1. The van der Waals surface area contributed by atoms with E-state index in [2.05, 4.69) is 27.1 Å². The fourth-order valence-electron chi connectivity index (χ4n) is 3.11. The average molecular weight is 354 g/mol. The summed E-state index contributed by atoms with van der Waals surface area (Å²) in [5.41, 5.74) is 2.69. The van der Waals surface area contributed by atoms with Crippen molar-refractivity contribution in [2.24, 2.45) is 0 Å². The van der Waals surface area contributed by atoms with Crippen LogP contribution in [0.3, 0.4) is 0 Å². The third-order valence-electron chi connectivity index (χ3n) is 4.73. The normalized spacial score (nSPS) is 14.9. The summed E-state index contributed by atoms with van der Waals surface area (Å²) in [6.07, 6.45) is 4.18. The topological polar surface area (TPSA) is 57.7 Å². The monoisotopic (exact) mass is 354 g/mol. The van der Waals surface area contributed by atoms with Crippen LogP contribution in [0, 0.1) is 0 Å². The fraction of sp³-hybridized carbons (Fsp3) is 0.400. The molecule has 1 aliphatic heterocycles. The molecule has 1 N–H and O–H groups in total. The van der Waals surface area contributed by atoms with Gasteiger partial charge in [0.25, 0.3) is 5.91 Å². The highest BCUT2D eigenvalue weighted by Gasteiger charge is 2.16. The predicted octanol–water partition coefficient (Wildman–Crippen LogP) is 1.81. The number of aromatic nitrogens is 1. The number of hydrogen-bond acceptors (Lipinski definition) is 5. The van der Waals surface area contributed by atoms with E-state index in [9.17, 15) is 4.79 Å². The van der Waals surface area contributed by atoms with Crippen LogP contribution in [-0.2, 0) is 6.42 Å². The Labute approximate surface area is 154 Å². The first-order valence-electron chi connectivity index (χ1n) is 8.96. The minimum absolute atomic E-state index is 0.0941. The van der Waals surface area contributed by atoms with Gasteiger partial charge in [-0.1, -0.05) is 18.2 Å². The molecule has 0 aliphatic carbocycles. The van der Waals surface area contributed by atoms with E-state index in [0.29, 0.717) is 12.1 Å². The summed E-state index contributed by atoms with van der Waals surface area (Å²) in [6, 6.07) is 9.79. The molecular formula is C20H26N4O2. The van der Waals surface area contributed by atoms with Gasteiger partial charge in [-0.25, -0.2) is 0 Å². The molecule has 1 amide bonds. The number of piperazine rings is 1. The number of benzene rings is 1. The van der Waals surface area contributed by atoms with Crippen molar-refractivity contribution >= 4 is 11.6 Å². The summed E-state index contributed by atoms with van der Waals surface area (Å²) < 4.78 is 5.35. The molecule has 1 aliphatic rings. The Morgan fingerprint density at radius 3 is 2.73 bits per heavy atom. The van der Waals surface area contributed by atoms with Crippen LogP contribution in [0.1, 0.15) is 15.9 Å². The molecule has 0 unspecified atom stereocenters. The van der Waals surface area contributed by atoms with Crippen LogP contribution in [0.5, 0.6) is 5.75 Å². The van der Waals surface area contributed by atoms with Crippen molar-refractivity contribution in [1.82, 2.24) is 15.2 Å². The van der Waals surface area contributed by atoms with Crippen LogP contribution in [0.15, 0.2) is 42.7 Å². The third kappa shape index (κ3) is 4.52. The number of ether oxygens (including phenoxy) is 1. The highest BCUT2D eigenvalue weighted by Crippen LogP contribution is 2.18. The van der Waals surface area contributed by atoms with Crippen LogP contribution < -0.4 is 15.0 Å². The second kappa shape index (κ2) is 8.67. The molecule has 0 bridgehead atoms. The second-order valence-electron chi connectivity index (χ2n) is 6.54. The Morgan fingerprint density at radius 2 is 1.96 bits per heavy atom. The Hall–Kier alpha value is -2.60. The molecule has 2 aromatic rings. The lowest BCUT2D eigenvalue weighted by Gasteiger charge is -2.33. The van der Waals surface area contributed by atoms with Gasteiger partial charge < -0.3 is 19.9 Å². The summed E-state index contributed by atoms with van der Waals surface area (Å²) in [4.78, 5) is 21.3. The van der Waals surface area contributed by atoms with E-state index in [1.54, 1.807) is 13.3 Å². The summed E-state index contributed by atoms with van der Waals surface area (Å²) in [5.74, 6) is 0.754. The van der Waals surface area contributed by atoms with Gasteiger partial charge in [-0.15, -0.1) is 0 Å². The quantitative estimate of drug-likeness (QED) is 0.857. The number of pyridine rings is 1. The Morgan fingerprint density at radius 1 is 1.19 bits per heavy atom. The van der Waals surface area contributed by atoms with E-state index in [4.69, 9.17) is 4.74 Å². The minimum atomic E-state index is -0.0941. The third-order valence-corrected chi connectivity index (χ3v) is 4.73. The predicted molar refractivity (Wildman–Crippen MR) is 103 cm³/mol. The maximum atomic E-state index is 12.5. The van der Waals surface area contributed by atoms with E-state index < -0.39 is 0 Å². The first-order chi connectivity index (χ1) is 12.7. The number of carbonyl (C=O) groups excluding carboxylic acids is 1. The molecule has 0 radical (unpaired) electrons. The van der Waals surface area contributed by atoms with Crippen molar-refractivity contribution in [3.63, 3.8) is 0 Å². The summed E-state index contributed by atoms with van der Waals surface area (Å²) in [7, 11) is 3.79. The van der Waals surface area contributed by atoms with Crippen LogP contribution in [-0.4, -0.2) is 62.7 Å². The standard InChI is InChI=1S/C20H26N4O2/c1-23-9-11-24(12-10-23)18-13-17(14-21-15-18)20(25)22-8-7-16-5-3-4-6-19(16)26-2/h3-6,13-15H,7-12H2,1-2H3,(H,22,25). The Kier molecular flexibility index (Phi) is 6.07. The van der Waals surface area contributed by atoms with Crippen molar-refractivity contribution in [3.8, 4) is 5.75 Å². The maximum Gasteiger partial charge on any atom is 0.252 e. The number of hydrogen-bond donors (Lipinski definition) is 1. The van der Waals surface area contributed by atoms with Gasteiger partial charge in [0.2, 0.25) is 0 Å². The van der Waals surface area contributed by atoms with E-state index >= 15 is 0 Å². The molecular weight excluding hydrogens is 328 g/mol. The average Bonchev–Trinajstić information content (AvgIpc) is 2.69. The second-order valence-corrected chi connectivity index (χ2v) is 6.54. The zero-order valence-corrected chi connectivity index (χ0v) is 15.4. The van der Waals surface area contributed by atoms with Gasteiger partial charge in [-0.3, -0.25) is 9.78 Å². The molecule has 138 valence electrons. The van der Waals surface area contributed by atoms with Crippen molar-refractivity contribution in [2.45, 2.75) is 6.42 Å². The van der Waals surface area contributed by atoms with Crippen molar-refractivity contribution in [2.75, 3.05) is 51.8 Å². The van der Waals surface area contributed by atoms with Gasteiger partial charge in [0, 0.05) is 38.9 Å². The minimum Gasteiger partial charge on any atom is -0.496 e. The molecule has 3 rings (SSSR count). The number of para-hydroxylation sites is 1. The Balaban J connectivity index is 1.57. The number of carbonyl (C=O) groups is 1. The van der Waals surface area contributed by atoms with Crippen LogP contribution >= 0.6 is 0 Å². The van der Waals surface area contributed by atoms with Crippen molar-refractivity contribution < 1.29 is 9.53 Å². The highest BCUT2D eigenvalue weighted by atomic mass is 16.5. The first-order valence-corrected chi connectivity index (χ1v) is 8.96. The zero-order valence-electron chi connectivity index (χ0n) is 15.4. The SMILES string of the molecule is COc1ccccc1CCNC(=O)c1cncc(N2CCN(C)CC2)c1. The number of rotatable bonds is 6. The molecule has 0 atom stereocenters. The maximum absolute atomic E-state index is 12.5. The Bertz CT molecular complexity index is 742. The molecule has 1 aromatic heterocycles. The number of likely N-dealkylation sites (N-methyl/N-ethyl adjacent to an activating group) is 1. The van der Waals surface area contributed by atoms with Crippen LogP contribution in [0.25, 0.3) is 0 Å². The molecule has 1 saturated heterocycles. The number of methoxy groups -OCH3 is 1. The molecule has 26 heavy (non-hydrogen) atoms. The lowest BCUT2D eigenvalue weighted by atomic mass is 10.1. The lowest BCUT2D eigenvalue weighted by molar-refractivity contribution is 0.0953. The van der Waals surface area contributed by atoms with Crippen LogP contribution in [0.4, 0.5) is 5.69 Å². The molecule has 0 spiro atoms. The molecule has 0 saturated carbocycles. The fourth-order valence-corrected chi connectivity index (χ4v) is 3.11. The lowest BCUT2D eigenvalue weighted by Crippen LogP contribution is -2.44. The molecule has 1 fully saturated rings. The van der Waals surface area contributed by atoms with Gasteiger partial charge >= 0.3 is 0 Å². The van der Waals surface area contributed by atoms with Crippen molar-refractivity contribution in [1.29, 1.82) is 0 Å². The molecule has 6 heteroatoms. The van der Waals surface area contributed by atoms with Gasteiger partial charge in [0.1, 0.15) is 5.75 Å². The van der Waals surface area contributed by atoms with Crippen molar-refractivity contribution in [3.05, 3.63) is 53.9 Å². The summed E-state index contributed by atoms with van der Waals surface area (Å²) in [5, 5.41) is 2.97. The number of amides is 1. The van der Waals surface area contributed by atoms with Gasteiger partial charge in [0.15, 0.2) is 0 Å². The molecule has 6 nitrogen and oxygen atoms in total. The van der Waals surface area contributed by atoms with E-state index in [1.165, 1.54) is 0 Å². The van der Waals surface area contributed by atoms with Gasteiger partial charge in [-0.05, 0) is 31.2 Å². The number of nitrogens with zero attached hydrogens (tertiary/aromatic N) is 3.